The second-order valence-corrected chi connectivity index (χ2v) is 4.11. The lowest BCUT2D eigenvalue weighted by Gasteiger charge is -2.06. The summed E-state index contributed by atoms with van der Waals surface area (Å²) in [7, 11) is 1.31. The van der Waals surface area contributed by atoms with Crippen LogP contribution in [0.4, 0.5) is 0 Å². The molecule has 0 saturated carbocycles. The summed E-state index contributed by atoms with van der Waals surface area (Å²) >= 11 is 2.15. The Labute approximate surface area is 102 Å². The molecule has 0 aliphatic heterocycles. The molecule has 0 aromatic heterocycles. The van der Waals surface area contributed by atoms with Crippen molar-refractivity contribution >= 4 is 28.6 Å². The maximum Gasteiger partial charge on any atom is 0.339 e. The molecule has 0 unspecified atom stereocenters. The number of benzene rings is 1. The number of carbonyl (C=O) groups is 1. The largest absolute Gasteiger partial charge is 0.465 e. The molecule has 15 heavy (non-hydrogen) atoms. The number of ether oxygens (including phenoxy) is 1. The fourth-order valence-electron chi connectivity index (χ4n) is 1.26. The average Bonchev–Trinajstić information content (AvgIpc) is 2.27. The van der Waals surface area contributed by atoms with Crippen LogP contribution in [0.5, 0.6) is 0 Å². The first-order valence-electron chi connectivity index (χ1n) is 4.44. The first-order chi connectivity index (χ1) is 7.13. The lowest BCUT2D eigenvalue weighted by Crippen LogP contribution is -2.06. The highest BCUT2D eigenvalue weighted by Gasteiger charge is 2.14. The molecule has 0 N–H and O–H groups in total. The van der Waals surface area contributed by atoms with E-state index in [0.717, 1.165) is 15.6 Å². The molecular formula is C11H10INO2. The highest BCUT2D eigenvalue weighted by atomic mass is 127. The number of nitriles is 1. The number of methoxy groups -OCH3 is 1. The van der Waals surface area contributed by atoms with Crippen LogP contribution in [0, 0.1) is 14.9 Å². The molecule has 0 fully saturated rings. The molecule has 0 heterocycles. The lowest BCUT2D eigenvalue weighted by atomic mass is 10.0. The number of halogens is 1. The average molecular weight is 315 g/mol. The van der Waals surface area contributed by atoms with Crippen molar-refractivity contribution in [1.29, 1.82) is 5.26 Å². The summed E-state index contributed by atoms with van der Waals surface area (Å²) in [5.41, 5.74) is 1.78. The van der Waals surface area contributed by atoms with Crippen molar-refractivity contribution in [2.75, 3.05) is 7.11 Å². The van der Waals surface area contributed by atoms with Crippen molar-refractivity contribution < 1.29 is 9.53 Å². The van der Waals surface area contributed by atoms with Gasteiger partial charge in [0, 0.05) is 3.57 Å². The smallest absolute Gasteiger partial charge is 0.339 e. The molecule has 3 nitrogen and oxygen atoms in total. The summed E-state index contributed by atoms with van der Waals surface area (Å²) in [6.07, 6.45) is 0.842. The second kappa shape index (κ2) is 5.12. The Morgan fingerprint density at radius 3 is 2.73 bits per heavy atom. The molecule has 4 heteroatoms. The fourth-order valence-corrected chi connectivity index (χ4v) is 2.11. The third-order valence-electron chi connectivity index (χ3n) is 2.09. The Bertz CT molecular complexity index is 435. The number of rotatable bonds is 2. The maximum absolute atomic E-state index is 11.4. The third-order valence-corrected chi connectivity index (χ3v) is 3.10. The maximum atomic E-state index is 11.4. The number of aryl methyl sites for hydroxylation is 1. The molecule has 0 aliphatic carbocycles. The van der Waals surface area contributed by atoms with Crippen molar-refractivity contribution in [3.63, 3.8) is 0 Å². The van der Waals surface area contributed by atoms with E-state index >= 15 is 0 Å². The van der Waals surface area contributed by atoms with E-state index < -0.39 is 5.97 Å². The Hall–Kier alpha value is -1.09. The van der Waals surface area contributed by atoms with E-state index in [1.165, 1.54) is 7.11 Å². The summed E-state index contributed by atoms with van der Waals surface area (Å²) in [5.74, 6) is -0.466. The Morgan fingerprint density at radius 1 is 1.60 bits per heavy atom. The summed E-state index contributed by atoms with van der Waals surface area (Å²) in [5, 5.41) is 8.91. The SMILES string of the molecule is CCc1cc(C#N)c(C(=O)OC)cc1I. The summed E-state index contributed by atoms with van der Waals surface area (Å²) in [6.45, 7) is 2.01. The van der Waals surface area contributed by atoms with Gasteiger partial charge in [0.05, 0.1) is 18.2 Å². The van der Waals surface area contributed by atoms with Gasteiger partial charge in [-0.25, -0.2) is 4.79 Å². The first kappa shape index (κ1) is 12.0. The molecule has 0 amide bonds. The van der Waals surface area contributed by atoms with Gasteiger partial charge >= 0.3 is 5.97 Å². The van der Waals surface area contributed by atoms with Crippen molar-refractivity contribution in [2.24, 2.45) is 0 Å². The molecular weight excluding hydrogens is 305 g/mol. The predicted molar refractivity (Wildman–Crippen MR) is 64.6 cm³/mol. The quantitative estimate of drug-likeness (QED) is 0.622. The summed E-state index contributed by atoms with van der Waals surface area (Å²) < 4.78 is 5.59. The molecule has 78 valence electrons. The van der Waals surface area contributed by atoms with Crippen LogP contribution in [0.15, 0.2) is 12.1 Å². The zero-order chi connectivity index (χ0) is 11.4. The minimum Gasteiger partial charge on any atom is -0.465 e. The van der Waals surface area contributed by atoms with E-state index in [0.29, 0.717) is 11.1 Å². The van der Waals surface area contributed by atoms with Crippen molar-refractivity contribution in [1.82, 2.24) is 0 Å². The van der Waals surface area contributed by atoms with Gasteiger partial charge in [-0.3, -0.25) is 0 Å². The van der Waals surface area contributed by atoms with Crippen LogP contribution in [-0.2, 0) is 11.2 Å². The van der Waals surface area contributed by atoms with Crippen molar-refractivity contribution in [3.8, 4) is 6.07 Å². The van der Waals surface area contributed by atoms with E-state index in [9.17, 15) is 4.79 Å². The molecule has 0 spiro atoms. The van der Waals surface area contributed by atoms with Crippen LogP contribution < -0.4 is 0 Å². The first-order valence-corrected chi connectivity index (χ1v) is 5.52. The molecule has 1 aromatic carbocycles. The van der Waals surface area contributed by atoms with Gasteiger partial charge in [0.2, 0.25) is 0 Å². The number of hydrogen-bond acceptors (Lipinski definition) is 3. The van der Waals surface area contributed by atoms with Gasteiger partial charge in [-0.2, -0.15) is 5.26 Å². The third kappa shape index (κ3) is 2.48. The van der Waals surface area contributed by atoms with Crippen LogP contribution >= 0.6 is 22.6 Å². The molecule has 0 radical (unpaired) electrons. The molecule has 1 aromatic rings. The van der Waals surface area contributed by atoms with Crippen LogP contribution in [0.25, 0.3) is 0 Å². The van der Waals surface area contributed by atoms with Gasteiger partial charge in [-0.15, -0.1) is 0 Å². The molecule has 0 aliphatic rings. The highest BCUT2D eigenvalue weighted by Crippen LogP contribution is 2.19. The number of hydrogen-bond donors (Lipinski definition) is 0. The van der Waals surface area contributed by atoms with E-state index in [2.05, 4.69) is 27.3 Å². The molecule has 0 bridgehead atoms. The summed E-state index contributed by atoms with van der Waals surface area (Å²) in [4.78, 5) is 11.4. The Morgan fingerprint density at radius 2 is 2.27 bits per heavy atom. The zero-order valence-corrected chi connectivity index (χ0v) is 10.7. The van der Waals surface area contributed by atoms with E-state index in [1.807, 2.05) is 13.0 Å². The molecule has 0 saturated heterocycles. The standard InChI is InChI=1S/C11H10INO2/c1-3-7-4-8(6-13)9(5-10(7)12)11(14)15-2/h4-5H,3H2,1-2H3. The van der Waals surface area contributed by atoms with Gasteiger partial charge in [-0.05, 0) is 46.7 Å². The summed E-state index contributed by atoms with van der Waals surface area (Å²) in [6, 6.07) is 5.45. The predicted octanol–water partition coefficient (Wildman–Crippen LogP) is 2.51. The van der Waals surface area contributed by atoms with Crippen LogP contribution in [0.3, 0.4) is 0 Å². The van der Waals surface area contributed by atoms with Crippen LogP contribution in [0.1, 0.15) is 28.4 Å². The number of esters is 1. The van der Waals surface area contributed by atoms with Gasteiger partial charge in [0.25, 0.3) is 0 Å². The van der Waals surface area contributed by atoms with Gasteiger partial charge in [0.15, 0.2) is 0 Å². The van der Waals surface area contributed by atoms with Crippen molar-refractivity contribution in [2.45, 2.75) is 13.3 Å². The van der Waals surface area contributed by atoms with E-state index in [4.69, 9.17) is 5.26 Å². The van der Waals surface area contributed by atoms with Gasteiger partial charge in [0.1, 0.15) is 6.07 Å². The van der Waals surface area contributed by atoms with Crippen LogP contribution in [0.2, 0.25) is 0 Å². The number of carbonyl (C=O) groups excluding carboxylic acids is 1. The van der Waals surface area contributed by atoms with Crippen LogP contribution in [-0.4, -0.2) is 13.1 Å². The second-order valence-electron chi connectivity index (χ2n) is 2.95. The number of nitrogens with zero attached hydrogens (tertiary/aromatic N) is 1. The monoisotopic (exact) mass is 315 g/mol. The lowest BCUT2D eigenvalue weighted by molar-refractivity contribution is 0.0600. The van der Waals surface area contributed by atoms with E-state index in [1.54, 1.807) is 12.1 Å². The molecule has 0 atom stereocenters. The Balaban J connectivity index is 3.35. The van der Waals surface area contributed by atoms with Gasteiger partial charge < -0.3 is 4.74 Å². The normalized spacial score (nSPS) is 9.47. The topological polar surface area (TPSA) is 50.1 Å². The highest BCUT2D eigenvalue weighted by molar-refractivity contribution is 14.1. The molecule has 1 rings (SSSR count). The Kier molecular flexibility index (Phi) is 4.09. The minimum atomic E-state index is -0.466. The fraction of sp³-hybridized carbons (Fsp3) is 0.273. The van der Waals surface area contributed by atoms with E-state index in [-0.39, 0.29) is 0 Å². The van der Waals surface area contributed by atoms with Gasteiger partial charge in [-0.1, -0.05) is 6.92 Å². The zero-order valence-electron chi connectivity index (χ0n) is 8.50. The van der Waals surface area contributed by atoms with Crippen molar-refractivity contribution in [3.05, 3.63) is 32.4 Å². The minimum absolute atomic E-state index is 0.335.